The highest BCUT2D eigenvalue weighted by molar-refractivity contribution is 5.84. The minimum atomic E-state index is -1.67. The van der Waals surface area contributed by atoms with Crippen molar-refractivity contribution in [1.29, 1.82) is 0 Å². The maximum absolute atomic E-state index is 12.2. The number of ether oxygens (including phenoxy) is 2. The van der Waals surface area contributed by atoms with Gasteiger partial charge < -0.3 is 40.6 Å². The zero-order chi connectivity index (χ0) is 18.8. The summed E-state index contributed by atoms with van der Waals surface area (Å²) in [6.45, 7) is -0.374. The molecule has 1 aliphatic heterocycles. The van der Waals surface area contributed by atoms with E-state index >= 15 is 0 Å². The highest BCUT2D eigenvalue weighted by Gasteiger charge is 2.43. The number of rotatable bonds is 5. The first-order valence-electron chi connectivity index (χ1n) is 8.31. The molecule has 142 valence electrons. The van der Waals surface area contributed by atoms with Gasteiger partial charge in [-0.05, 0) is 11.6 Å². The lowest BCUT2D eigenvalue weighted by molar-refractivity contribution is -0.408. The summed E-state index contributed by atoms with van der Waals surface area (Å²) in [5.74, 6) is -0.596. The predicted octanol–water partition coefficient (Wildman–Crippen LogP) is -2.34. The second-order valence-corrected chi connectivity index (χ2v) is 6.43. The first kappa shape index (κ1) is 18.8. The summed E-state index contributed by atoms with van der Waals surface area (Å²) in [4.78, 5) is 15.3. The Morgan fingerprint density at radius 1 is 1.19 bits per heavy atom. The molecule has 3 rings (SSSR count). The normalized spacial score (nSPS) is 30.3. The Labute approximate surface area is 149 Å². The summed E-state index contributed by atoms with van der Waals surface area (Å²) in [5, 5.41) is 39.4. The number of hydrogen-bond donors (Lipinski definition) is 6. The van der Waals surface area contributed by atoms with Crippen LogP contribution in [0.4, 0.5) is 0 Å². The predicted molar refractivity (Wildman–Crippen MR) is 88.5 cm³/mol. The topological polar surface area (TPSA) is 160 Å². The van der Waals surface area contributed by atoms with Gasteiger partial charge in [0.2, 0.25) is 0 Å². The van der Waals surface area contributed by atoms with Gasteiger partial charge in [-0.25, -0.2) is 4.79 Å². The maximum Gasteiger partial charge on any atom is 0.365 e. The van der Waals surface area contributed by atoms with Gasteiger partial charge in [0.15, 0.2) is 12.3 Å². The van der Waals surface area contributed by atoms with Crippen LogP contribution in [0.25, 0.3) is 10.9 Å². The number of aliphatic hydroxyl groups is 4. The molecule has 0 spiro atoms. The average Bonchev–Trinajstić information content (AvgIpc) is 3.04. The summed E-state index contributed by atoms with van der Waals surface area (Å²) in [6.07, 6.45) is -5.34. The number of carbonyl (C=O) groups excluding carboxylic acids is 1. The van der Waals surface area contributed by atoms with Gasteiger partial charge in [-0.2, -0.15) is 0 Å². The summed E-state index contributed by atoms with van der Waals surface area (Å²) in [5.41, 5.74) is 5.71. The van der Waals surface area contributed by atoms with Gasteiger partial charge in [0.25, 0.3) is 0 Å². The van der Waals surface area contributed by atoms with Crippen molar-refractivity contribution in [2.45, 2.75) is 43.2 Å². The van der Waals surface area contributed by atoms with E-state index in [0.717, 1.165) is 16.5 Å². The van der Waals surface area contributed by atoms with E-state index in [2.05, 4.69) is 10.7 Å². The summed E-state index contributed by atoms with van der Waals surface area (Å²) in [6, 6.07) is 7.01. The van der Waals surface area contributed by atoms with E-state index in [-0.39, 0.29) is 6.61 Å². The number of aromatic amines is 1. The number of benzene rings is 1. The smallest absolute Gasteiger partial charge is 0.365 e. The van der Waals surface area contributed by atoms with E-state index in [9.17, 15) is 25.2 Å². The summed E-state index contributed by atoms with van der Waals surface area (Å²) < 4.78 is 10.1. The molecule has 9 heteroatoms. The molecule has 1 aromatic carbocycles. The van der Waals surface area contributed by atoms with Gasteiger partial charge in [0, 0.05) is 23.5 Å². The van der Waals surface area contributed by atoms with Crippen LogP contribution in [0.1, 0.15) is 5.56 Å². The van der Waals surface area contributed by atoms with Crippen LogP contribution in [0.15, 0.2) is 30.5 Å². The summed E-state index contributed by atoms with van der Waals surface area (Å²) in [7, 11) is 0. The number of esters is 1. The van der Waals surface area contributed by atoms with Crippen LogP contribution < -0.4 is 5.73 Å². The van der Waals surface area contributed by atoms with E-state index in [1.165, 1.54) is 0 Å². The fourth-order valence-electron chi connectivity index (χ4n) is 3.00. The molecule has 1 saturated heterocycles. The number of hydrogen-bond acceptors (Lipinski definition) is 7. The monoisotopic (exact) mass is 367 g/mol. The fourth-order valence-corrected chi connectivity index (χ4v) is 3.00. The van der Waals surface area contributed by atoms with Gasteiger partial charge in [-0.15, -0.1) is 0 Å². The van der Waals surface area contributed by atoms with Gasteiger partial charge in [0.1, 0.15) is 31.0 Å². The molecule has 1 aliphatic rings. The number of carbonyl (C=O) groups is 1. The molecule has 26 heavy (non-hydrogen) atoms. The van der Waals surface area contributed by atoms with Crippen LogP contribution in [0.3, 0.4) is 0 Å². The Bertz CT molecular complexity index is 764. The lowest BCUT2D eigenvalue weighted by Crippen LogP contribution is -2.66. The highest BCUT2D eigenvalue weighted by Crippen LogP contribution is 2.21. The van der Waals surface area contributed by atoms with Crippen LogP contribution in [0.2, 0.25) is 0 Å². The van der Waals surface area contributed by atoms with Crippen molar-refractivity contribution in [3.63, 3.8) is 0 Å². The molecule has 6 unspecified atom stereocenters. The molecule has 0 amide bonds. The Balaban J connectivity index is 1.56. The quantitative estimate of drug-likeness (QED) is 0.323. The van der Waals surface area contributed by atoms with Crippen molar-refractivity contribution < 1.29 is 40.4 Å². The molecule has 9 nitrogen and oxygen atoms in total. The third-order valence-corrected chi connectivity index (χ3v) is 4.55. The van der Waals surface area contributed by atoms with Gasteiger partial charge >= 0.3 is 5.97 Å². The zero-order valence-electron chi connectivity index (χ0n) is 14.0. The lowest BCUT2D eigenvalue weighted by atomic mass is 9.99. The molecular weight excluding hydrogens is 344 g/mol. The number of nitrogens with one attached hydrogen (secondary N) is 1. The molecule has 1 fully saturated rings. The van der Waals surface area contributed by atoms with Gasteiger partial charge in [-0.3, -0.25) is 0 Å². The minimum Gasteiger partial charge on any atom is -0.458 e. The van der Waals surface area contributed by atoms with Crippen molar-refractivity contribution in [1.82, 2.24) is 4.98 Å². The van der Waals surface area contributed by atoms with Crippen molar-refractivity contribution >= 4 is 16.9 Å². The first-order valence-corrected chi connectivity index (χ1v) is 8.31. The van der Waals surface area contributed by atoms with E-state index < -0.39 is 42.7 Å². The Morgan fingerprint density at radius 3 is 2.69 bits per heavy atom. The number of quaternary nitrogens is 1. The van der Waals surface area contributed by atoms with E-state index in [4.69, 9.17) is 9.47 Å². The second kappa shape index (κ2) is 7.70. The van der Waals surface area contributed by atoms with E-state index in [1.807, 2.05) is 30.5 Å². The second-order valence-electron chi connectivity index (χ2n) is 6.43. The molecule has 2 heterocycles. The molecule has 0 bridgehead atoms. The third kappa shape index (κ3) is 3.73. The largest absolute Gasteiger partial charge is 0.458 e. The van der Waals surface area contributed by atoms with Crippen LogP contribution in [0, 0.1) is 0 Å². The average molecular weight is 367 g/mol. The van der Waals surface area contributed by atoms with Crippen molar-refractivity contribution in [2.75, 3.05) is 6.61 Å². The molecule has 0 aliphatic carbocycles. The van der Waals surface area contributed by atoms with Crippen molar-refractivity contribution in [3.8, 4) is 0 Å². The Hall–Kier alpha value is -2.01. The minimum absolute atomic E-state index is 0.362. The zero-order valence-corrected chi connectivity index (χ0v) is 14.0. The number of para-hydroxylation sites is 1. The van der Waals surface area contributed by atoms with Crippen LogP contribution in [-0.2, 0) is 20.7 Å². The summed E-state index contributed by atoms with van der Waals surface area (Å²) >= 11 is 0. The Morgan fingerprint density at radius 2 is 1.92 bits per heavy atom. The number of H-pyrrole nitrogens is 1. The van der Waals surface area contributed by atoms with Crippen LogP contribution in [0.5, 0.6) is 0 Å². The molecule has 0 radical (unpaired) electrons. The fraction of sp³-hybridized carbons (Fsp3) is 0.471. The number of aromatic nitrogens is 1. The molecule has 1 aromatic heterocycles. The highest BCUT2D eigenvalue weighted by atomic mass is 16.6. The van der Waals surface area contributed by atoms with Crippen molar-refractivity contribution in [3.05, 3.63) is 36.0 Å². The lowest BCUT2D eigenvalue weighted by Gasteiger charge is -2.37. The molecule has 2 aromatic rings. The SMILES string of the molecule is [NH3+]C(Cc1c[nH]c2ccccc12)C(=O)OCC1OC(O)C(O)C(O)C1O. The van der Waals surface area contributed by atoms with Gasteiger partial charge in [0.05, 0.1) is 0 Å². The number of fused-ring (bicyclic) bond motifs is 1. The molecule has 6 atom stereocenters. The standard InChI is InChI=1S/C17H22N2O7/c18-10(5-8-6-19-11-4-2-1-3-9(8)11)16(23)25-7-12-13(20)14(21)15(22)17(24)26-12/h1-4,6,10,12-15,17,19-22,24H,5,7,18H2/p+1. The Kier molecular flexibility index (Phi) is 5.56. The maximum atomic E-state index is 12.2. The molecular formula is C17H23N2O7+. The van der Waals surface area contributed by atoms with E-state index in [0.29, 0.717) is 6.42 Å². The first-order chi connectivity index (χ1) is 12.4. The molecule has 8 N–H and O–H groups in total. The molecule has 0 saturated carbocycles. The van der Waals surface area contributed by atoms with E-state index in [1.54, 1.807) is 0 Å². The van der Waals surface area contributed by atoms with Gasteiger partial charge in [-0.1, -0.05) is 18.2 Å². The van der Waals surface area contributed by atoms with Crippen molar-refractivity contribution in [2.24, 2.45) is 0 Å². The van der Waals surface area contributed by atoms with Crippen LogP contribution in [-0.4, -0.2) is 74.7 Å². The number of aliphatic hydroxyl groups excluding tert-OH is 4. The third-order valence-electron chi connectivity index (χ3n) is 4.55. The van der Waals surface area contributed by atoms with Crippen LogP contribution >= 0.6 is 0 Å².